The minimum Gasteiger partial charge on any atom is -0.497 e. The van der Waals surface area contributed by atoms with Crippen molar-refractivity contribution in [2.75, 3.05) is 7.11 Å². The Hall–Kier alpha value is -2.74. The summed E-state index contributed by atoms with van der Waals surface area (Å²) in [5, 5.41) is 7.55. The standard InChI is InChI=1S/C16H14FN3O3S/c1-11-16(18-19-20(11)13-5-3-12(17)4-6-13)24(21,22)15-9-7-14(23-2)8-10-15/h3-10H,1-2H3. The third-order valence-corrected chi connectivity index (χ3v) is 5.33. The van der Waals surface area contributed by atoms with Crippen molar-refractivity contribution in [3.05, 3.63) is 60.0 Å². The maximum absolute atomic E-state index is 13.0. The van der Waals surface area contributed by atoms with E-state index in [2.05, 4.69) is 10.3 Å². The molecule has 0 spiro atoms. The van der Waals surface area contributed by atoms with E-state index >= 15 is 0 Å². The monoisotopic (exact) mass is 347 g/mol. The summed E-state index contributed by atoms with van der Waals surface area (Å²) in [6.45, 7) is 1.60. The van der Waals surface area contributed by atoms with E-state index in [1.165, 1.54) is 48.2 Å². The van der Waals surface area contributed by atoms with Crippen LogP contribution in [0.2, 0.25) is 0 Å². The van der Waals surface area contributed by atoms with Gasteiger partial charge in [-0.1, -0.05) is 5.21 Å². The van der Waals surface area contributed by atoms with E-state index in [4.69, 9.17) is 4.74 Å². The molecule has 1 heterocycles. The highest BCUT2D eigenvalue weighted by atomic mass is 32.2. The molecule has 0 N–H and O–H groups in total. The fourth-order valence-electron chi connectivity index (χ4n) is 2.26. The highest BCUT2D eigenvalue weighted by Gasteiger charge is 2.25. The molecule has 124 valence electrons. The molecule has 8 heteroatoms. The van der Waals surface area contributed by atoms with Gasteiger partial charge in [0.15, 0.2) is 0 Å². The number of methoxy groups -OCH3 is 1. The Kier molecular flexibility index (Phi) is 4.06. The number of halogens is 1. The average Bonchev–Trinajstić information content (AvgIpc) is 2.98. The van der Waals surface area contributed by atoms with E-state index in [1.54, 1.807) is 19.1 Å². The number of ether oxygens (including phenoxy) is 1. The Balaban J connectivity index is 2.04. The highest BCUT2D eigenvalue weighted by Crippen LogP contribution is 2.25. The van der Waals surface area contributed by atoms with Crippen LogP contribution in [0.3, 0.4) is 0 Å². The van der Waals surface area contributed by atoms with Crippen molar-refractivity contribution in [2.24, 2.45) is 0 Å². The van der Waals surface area contributed by atoms with Crippen LogP contribution in [-0.2, 0) is 9.84 Å². The molecule has 0 saturated carbocycles. The van der Waals surface area contributed by atoms with Crippen LogP contribution in [-0.4, -0.2) is 30.5 Å². The molecule has 3 aromatic rings. The third-order valence-electron chi connectivity index (χ3n) is 3.55. The molecule has 3 rings (SSSR count). The van der Waals surface area contributed by atoms with Gasteiger partial charge in [-0.15, -0.1) is 5.10 Å². The molecule has 24 heavy (non-hydrogen) atoms. The van der Waals surface area contributed by atoms with Crippen LogP contribution < -0.4 is 4.74 Å². The first-order valence-corrected chi connectivity index (χ1v) is 8.49. The predicted molar refractivity (Wildman–Crippen MR) is 84.5 cm³/mol. The van der Waals surface area contributed by atoms with Crippen LogP contribution in [0.4, 0.5) is 4.39 Å². The molecule has 0 atom stereocenters. The number of rotatable bonds is 4. The Morgan fingerprint density at radius 2 is 1.67 bits per heavy atom. The van der Waals surface area contributed by atoms with E-state index < -0.39 is 9.84 Å². The Morgan fingerprint density at radius 1 is 1.04 bits per heavy atom. The molecule has 0 unspecified atom stereocenters. The topological polar surface area (TPSA) is 74.1 Å². The van der Waals surface area contributed by atoms with Crippen molar-refractivity contribution >= 4 is 9.84 Å². The molecule has 0 radical (unpaired) electrons. The Labute approximate surface area is 138 Å². The molecule has 0 aliphatic carbocycles. The smallest absolute Gasteiger partial charge is 0.227 e. The van der Waals surface area contributed by atoms with E-state index in [9.17, 15) is 12.8 Å². The minimum atomic E-state index is -3.81. The molecule has 0 aliphatic heterocycles. The Bertz CT molecular complexity index is 965. The van der Waals surface area contributed by atoms with Crippen LogP contribution in [0, 0.1) is 12.7 Å². The van der Waals surface area contributed by atoms with Gasteiger partial charge in [0.05, 0.1) is 23.4 Å². The molecular formula is C16H14FN3O3S. The maximum atomic E-state index is 13.0. The zero-order valence-corrected chi connectivity index (χ0v) is 13.8. The number of hydrogen-bond acceptors (Lipinski definition) is 5. The quantitative estimate of drug-likeness (QED) is 0.725. The highest BCUT2D eigenvalue weighted by molar-refractivity contribution is 7.91. The van der Waals surface area contributed by atoms with Gasteiger partial charge < -0.3 is 4.74 Å². The number of benzene rings is 2. The normalized spacial score (nSPS) is 11.5. The average molecular weight is 347 g/mol. The van der Waals surface area contributed by atoms with Crippen LogP contribution in [0.15, 0.2) is 58.5 Å². The summed E-state index contributed by atoms with van der Waals surface area (Å²) in [6, 6.07) is 11.6. The van der Waals surface area contributed by atoms with Crippen molar-refractivity contribution in [1.82, 2.24) is 15.0 Å². The summed E-state index contributed by atoms with van der Waals surface area (Å²) in [7, 11) is -2.31. The second kappa shape index (κ2) is 6.04. The third kappa shape index (κ3) is 2.76. The van der Waals surface area contributed by atoms with E-state index in [1.807, 2.05) is 0 Å². The fourth-order valence-corrected chi connectivity index (χ4v) is 3.59. The lowest BCUT2D eigenvalue weighted by Gasteiger charge is -2.05. The van der Waals surface area contributed by atoms with Gasteiger partial charge in [0.1, 0.15) is 11.6 Å². The summed E-state index contributed by atoms with van der Waals surface area (Å²) in [5.74, 6) is 0.170. The molecule has 0 aliphatic rings. The second-order valence-electron chi connectivity index (χ2n) is 5.05. The van der Waals surface area contributed by atoms with Gasteiger partial charge in [0.2, 0.25) is 14.9 Å². The van der Waals surface area contributed by atoms with Crippen LogP contribution in [0.25, 0.3) is 5.69 Å². The number of aromatic nitrogens is 3. The number of nitrogens with zero attached hydrogens (tertiary/aromatic N) is 3. The first kappa shape index (κ1) is 16.1. The summed E-state index contributed by atoms with van der Waals surface area (Å²) < 4.78 is 44.9. The Morgan fingerprint density at radius 3 is 2.25 bits per heavy atom. The van der Waals surface area contributed by atoms with Gasteiger partial charge >= 0.3 is 0 Å². The van der Waals surface area contributed by atoms with Crippen molar-refractivity contribution in [1.29, 1.82) is 0 Å². The molecule has 0 bridgehead atoms. The lowest BCUT2D eigenvalue weighted by Crippen LogP contribution is -2.05. The molecule has 0 amide bonds. The van der Waals surface area contributed by atoms with Gasteiger partial charge in [0, 0.05) is 0 Å². The summed E-state index contributed by atoms with van der Waals surface area (Å²) in [6.07, 6.45) is 0. The molecule has 2 aromatic carbocycles. The molecule has 1 aromatic heterocycles. The molecule has 0 saturated heterocycles. The second-order valence-corrected chi connectivity index (χ2v) is 6.91. The van der Waals surface area contributed by atoms with Crippen LogP contribution in [0.1, 0.15) is 5.69 Å². The lowest BCUT2D eigenvalue weighted by molar-refractivity contribution is 0.414. The summed E-state index contributed by atoms with van der Waals surface area (Å²) in [4.78, 5) is 0.0950. The zero-order chi connectivity index (χ0) is 17.3. The number of sulfone groups is 1. The predicted octanol–water partition coefficient (Wildman–Crippen LogP) is 2.56. The van der Waals surface area contributed by atoms with Crippen molar-refractivity contribution in [2.45, 2.75) is 16.8 Å². The number of hydrogen-bond donors (Lipinski definition) is 0. The van der Waals surface area contributed by atoms with Gasteiger partial charge in [-0.2, -0.15) is 0 Å². The summed E-state index contributed by atoms with van der Waals surface area (Å²) in [5.41, 5.74) is 0.870. The summed E-state index contributed by atoms with van der Waals surface area (Å²) >= 11 is 0. The lowest BCUT2D eigenvalue weighted by atomic mass is 10.3. The van der Waals surface area contributed by atoms with Crippen LogP contribution >= 0.6 is 0 Å². The molecular weight excluding hydrogens is 333 g/mol. The van der Waals surface area contributed by atoms with Gasteiger partial charge in [-0.3, -0.25) is 0 Å². The van der Waals surface area contributed by atoms with Gasteiger partial charge in [-0.05, 0) is 55.5 Å². The van der Waals surface area contributed by atoms with Crippen molar-refractivity contribution in [3.8, 4) is 11.4 Å². The fraction of sp³-hybridized carbons (Fsp3) is 0.125. The van der Waals surface area contributed by atoms with E-state index in [-0.39, 0.29) is 15.7 Å². The minimum absolute atomic E-state index is 0.0950. The SMILES string of the molecule is COc1ccc(S(=O)(=O)c2nnn(-c3ccc(F)cc3)c2C)cc1. The van der Waals surface area contributed by atoms with Crippen molar-refractivity contribution < 1.29 is 17.5 Å². The van der Waals surface area contributed by atoms with Crippen molar-refractivity contribution in [3.63, 3.8) is 0 Å². The van der Waals surface area contributed by atoms with Gasteiger partial charge in [0.25, 0.3) is 0 Å². The largest absolute Gasteiger partial charge is 0.497 e. The first-order valence-electron chi connectivity index (χ1n) is 7.01. The molecule has 6 nitrogen and oxygen atoms in total. The van der Waals surface area contributed by atoms with E-state index in [0.717, 1.165) is 0 Å². The van der Waals surface area contributed by atoms with Gasteiger partial charge in [-0.25, -0.2) is 17.5 Å². The first-order chi connectivity index (χ1) is 11.4. The van der Waals surface area contributed by atoms with E-state index in [0.29, 0.717) is 17.1 Å². The van der Waals surface area contributed by atoms with Crippen LogP contribution in [0.5, 0.6) is 5.75 Å². The maximum Gasteiger partial charge on any atom is 0.227 e. The molecule has 0 fully saturated rings. The zero-order valence-electron chi connectivity index (χ0n) is 13.0.